The molecule has 0 aromatic heterocycles. The highest BCUT2D eigenvalue weighted by atomic mass is 35.5. The Bertz CT molecular complexity index is 924. The van der Waals surface area contributed by atoms with Gasteiger partial charge in [0.05, 0.1) is 16.8 Å². The zero-order valence-electron chi connectivity index (χ0n) is 14.5. The number of nitrogens with zero attached hydrogens (tertiary/aromatic N) is 1. The van der Waals surface area contributed by atoms with E-state index in [2.05, 4.69) is 5.32 Å². The molecule has 142 valence electrons. The molecular formula is C19H16ClF3N2O2. The van der Waals surface area contributed by atoms with Crippen LogP contribution in [-0.4, -0.2) is 26.6 Å². The molecule has 1 heterocycles. The van der Waals surface area contributed by atoms with Crippen LogP contribution in [0.15, 0.2) is 42.0 Å². The third-order valence-electron chi connectivity index (χ3n) is 4.05. The standard InChI is InChI=1S/C19H16ClF3N2O2/c1-25(2)14-4-5-16(15(9-14)19(21,22)23)24-18(26)12-7-11-8-13(20)3-6-17(11)27-10-12/h3-9H,10H2,1-2H3,(H,24,26). The van der Waals surface area contributed by atoms with Crippen molar-refractivity contribution in [1.82, 2.24) is 0 Å². The van der Waals surface area contributed by atoms with Crippen molar-refractivity contribution >= 4 is 35.0 Å². The Hall–Kier alpha value is -2.67. The van der Waals surface area contributed by atoms with Gasteiger partial charge in [-0.15, -0.1) is 0 Å². The van der Waals surface area contributed by atoms with Crippen LogP contribution < -0.4 is 15.0 Å². The Morgan fingerprint density at radius 1 is 1.19 bits per heavy atom. The minimum absolute atomic E-state index is 0.0440. The molecule has 1 aliphatic rings. The summed E-state index contributed by atoms with van der Waals surface area (Å²) in [5.41, 5.74) is -0.0460. The van der Waals surface area contributed by atoms with Crippen molar-refractivity contribution in [1.29, 1.82) is 0 Å². The Labute approximate surface area is 159 Å². The number of nitrogens with one attached hydrogen (secondary N) is 1. The lowest BCUT2D eigenvalue weighted by Gasteiger charge is -2.20. The smallest absolute Gasteiger partial charge is 0.418 e. The molecular weight excluding hydrogens is 381 g/mol. The molecule has 1 aliphatic heterocycles. The minimum Gasteiger partial charge on any atom is -0.488 e. The fraction of sp³-hybridized carbons (Fsp3) is 0.211. The summed E-state index contributed by atoms with van der Waals surface area (Å²) in [5.74, 6) is -0.106. The van der Waals surface area contributed by atoms with Crippen LogP contribution in [0, 0.1) is 0 Å². The monoisotopic (exact) mass is 396 g/mol. The lowest BCUT2D eigenvalue weighted by Crippen LogP contribution is -2.23. The maximum Gasteiger partial charge on any atom is 0.418 e. The van der Waals surface area contributed by atoms with E-state index in [4.69, 9.17) is 16.3 Å². The van der Waals surface area contributed by atoms with E-state index in [9.17, 15) is 18.0 Å². The molecule has 1 amide bonds. The first-order valence-electron chi connectivity index (χ1n) is 7.98. The summed E-state index contributed by atoms with van der Waals surface area (Å²) in [6.07, 6.45) is -3.05. The van der Waals surface area contributed by atoms with Gasteiger partial charge in [-0.1, -0.05) is 11.6 Å². The summed E-state index contributed by atoms with van der Waals surface area (Å²) in [6, 6.07) is 8.69. The summed E-state index contributed by atoms with van der Waals surface area (Å²) < 4.78 is 45.7. The maximum absolute atomic E-state index is 13.4. The topological polar surface area (TPSA) is 41.6 Å². The van der Waals surface area contributed by atoms with Gasteiger partial charge in [-0.05, 0) is 42.5 Å². The number of ether oxygens (including phenoxy) is 1. The first-order chi connectivity index (χ1) is 12.6. The first-order valence-corrected chi connectivity index (χ1v) is 8.36. The van der Waals surface area contributed by atoms with E-state index in [-0.39, 0.29) is 17.9 Å². The number of anilines is 2. The summed E-state index contributed by atoms with van der Waals surface area (Å²) >= 11 is 5.93. The number of hydrogen-bond donors (Lipinski definition) is 1. The number of rotatable bonds is 3. The fourth-order valence-electron chi connectivity index (χ4n) is 2.64. The molecule has 0 spiro atoms. The van der Waals surface area contributed by atoms with Crippen LogP contribution >= 0.6 is 11.6 Å². The molecule has 0 radical (unpaired) electrons. The van der Waals surface area contributed by atoms with E-state index in [1.165, 1.54) is 12.1 Å². The number of fused-ring (bicyclic) bond motifs is 1. The van der Waals surface area contributed by atoms with E-state index in [0.29, 0.717) is 22.0 Å². The van der Waals surface area contributed by atoms with Crippen LogP contribution in [0.25, 0.3) is 6.08 Å². The fourth-order valence-corrected chi connectivity index (χ4v) is 2.82. The Balaban J connectivity index is 1.90. The van der Waals surface area contributed by atoms with E-state index >= 15 is 0 Å². The third kappa shape index (κ3) is 4.19. The molecule has 2 aromatic rings. The van der Waals surface area contributed by atoms with Gasteiger partial charge in [0, 0.05) is 30.4 Å². The van der Waals surface area contributed by atoms with E-state index in [0.717, 1.165) is 6.07 Å². The van der Waals surface area contributed by atoms with Crippen LogP contribution in [0.3, 0.4) is 0 Å². The second-order valence-corrected chi connectivity index (χ2v) is 6.65. The number of carbonyl (C=O) groups excluding carboxylic acids is 1. The number of alkyl halides is 3. The lowest BCUT2D eigenvalue weighted by molar-refractivity contribution is -0.136. The maximum atomic E-state index is 13.4. The highest BCUT2D eigenvalue weighted by Crippen LogP contribution is 2.37. The molecule has 1 N–H and O–H groups in total. The molecule has 0 bridgehead atoms. The predicted molar refractivity (Wildman–Crippen MR) is 99.3 cm³/mol. The first kappa shape index (κ1) is 19.1. The van der Waals surface area contributed by atoms with Crippen LogP contribution in [0.5, 0.6) is 5.75 Å². The third-order valence-corrected chi connectivity index (χ3v) is 4.28. The lowest BCUT2D eigenvalue weighted by atomic mass is 10.1. The highest BCUT2D eigenvalue weighted by molar-refractivity contribution is 6.30. The number of halogens is 4. The normalized spacial score (nSPS) is 13.3. The molecule has 0 saturated carbocycles. The predicted octanol–water partition coefficient (Wildman–Crippen LogP) is 4.84. The Morgan fingerprint density at radius 3 is 2.59 bits per heavy atom. The molecule has 0 fully saturated rings. The van der Waals surface area contributed by atoms with Crippen molar-refractivity contribution in [2.24, 2.45) is 0 Å². The molecule has 2 aromatic carbocycles. The molecule has 4 nitrogen and oxygen atoms in total. The molecule has 0 atom stereocenters. The largest absolute Gasteiger partial charge is 0.488 e. The number of hydrogen-bond acceptors (Lipinski definition) is 3. The highest BCUT2D eigenvalue weighted by Gasteiger charge is 2.34. The van der Waals surface area contributed by atoms with Crippen LogP contribution in [0.2, 0.25) is 5.02 Å². The van der Waals surface area contributed by atoms with Crippen molar-refractivity contribution in [2.45, 2.75) is 6.18 Å². The van der Waals surface area contributed by atoms with Crippen LogP contribution in [0.1, 0.15) is 11.1 Å². The second kappa shape index (κ2) is 7.15. The van der Waals surface area contributed by atoms with Gasteiger partial charge in [0.25, 0.3) is 5.91 Å². The zero-order valence-corrected chi connectivity index (χ0v) is 15.3. The molecule has 27 heavy (non-hydrogen) atoms. The van der Waals surface area contributed by atoms with Crippen LogP contribution in [-0.2, 0) is 11.0 Å². The minimum atomic E-state index is -4.60. The quantitative estimate of drug-likeness (QED) is 0.807. The molecule has 3 rings (SSSR count). The van der Waals surface area contributed by atoms with E-state index in [1.807, 2.05) is 0 Å². The zero-order chi connectivity index (χ0) is 19.8. The van der Waals surface area contributed by atoms with E-state index < -0.39 is 17.6 Å². The Morgan fingerprint density at radius 2 is 1.93 bits per heavy atom. The summed E-state index contributed by atoms with van der Waals surface area (Å²) in [7, 11) is 3.28. The molecule has 0 aliphatic carbocycles. The summed E-state index contributed by atoms with van der Waals surface area (Å²) in [5, 5.41) is 2.81. The average Bonchev–Trinajstić information content (AvgIpc) is 2.60. The van der Waals surface area contributed by atoms with Crippen molar-refractivity contribution < 1.29 is 22.7 Å². The summed E-state index contributed by atoms with van der Waals surface area (Å²) in [6.45, 7) is -0.0440. The number of amides is 1. The van der Waals surface area contributed by atoms with Gasteiger partial charge in [0.15, 0.2) is 0 Å². The number of benzene rings is 2. The molecule has 8 heteroatoms. The van der Waals surface area contributed by atoms with Gasteiger partial charge in [-0.2, -0.15) is 13.2 Å². The van der Waals surface area contributed by atoms with Gasteiger partial charge in [0.1, 0.15) is 12.4 Å². The van der Waals surface area contributed by atoms with Crippen molar-refractivity contribution in [3.63, 3.8) is 0 Å². The van der Waals surface area contributed by atoms with Gasteiger partial charge in [0.2, 0.25) is 0 Å². The van der Waals surface area contributed by atoms with Gasteiger partial charge >= 0.3 is 6.18 Å². The molecule has 0 saturated heterocycles. The van der Waals surface area contributed by atoms with Crippen LogP contribution in [0.4, 0.5) is 24.5 Å². The van der Waals surface area contributed by atoms with Gasteiger partial charge < -0.3 is 15.0 Å². The van der Waals surface area contributed by atoms with Gasteiger partial charge in [-0.3, -0.25) is 4.79 Å². The van der Waals surface area contributed by atoms with Crippen molar-refractivity contribution in [3.8, 4) is 5.75 Å². The average molecular weight is 397 g/mol. The number of carbonyl (C=O) groups is 1. The van der Waals surface area contributed by atoms with Gasteiger partial charge in [-0.25, -0.2) is 0 Å². The SMILES string of the molecule is CN(C)c1ccc(NC(=O)C2=Cc3cc(Cl)ccc3OC2)c(C(F)(F)F)c1. The van der Waals surface area contributed by atoms with Crippen molar-refractivity contribution in [3.05, 3.63) is 58.1 Å². The van der Waals surface area contributed by atoms with Crippen molar-refractivity contribution in [2.75, 3.05) is 30.9 Å². The molecule has 0 unspecified atom stereocenters. The summed E-state index contributed by atoms with van der Waals surface area (Å²) in [4.78, 5) is 14.0. The second-order valence-electron chi connectivity index (χ2n) is 6.22. The Kier molecular flexibility index (Phi) is 5.06. The van der Waals surface area contributed by atoms with E-state index in [1.54, 1.807) is 43.3 Å².